The summed E-state index contributed by atoms with van der Waals surface area (Å²) >= 11 is 1.26. The van der Waals surface area contributed by atoms with Gasteiger partial charge in [-0.2, -0.15) is 4.37 Å². The van der Waals surface area contributed by atoms with Gasteiger partial charge in [-0.25, -0.2) is 9.78 Å². The molecule has 2 atom stereocenters. The number of aromatic nitrogens is 4. The number of carbonyl (C=O) groups is 1. The molecule has 1 fully saturated rings. The number of anilines is 1. The number of nitrogens with zero attached hydrogens (tertiary/aromatic N) is 4. The normalized spacial score (nSPS) is 19.3. The van der Waals surface area contributed by atoms with Gasteiger partial charge in [0.15, 0.2) is 5.65 Å². The topological polar surface area (TPSA) is 127 Å². The summed E-state index contributed by atoms with van der Waals surface area (Å²) in [6, 6.07) is 3.49. The van der Waals surface area contributed by atoms with Crippen LogP contribution in [0, 0.1) is 29.6 Å². The largest absolute Gasteiger partial charge is 0.345 e. The van der Waals surface area contributed by atoms with Gasteiger partial charge < -0.3 is 9.88 Å². The molecule has 0 unspecified atom stereocenters. The molecule has 1 aliphatic heterocycles. The molecule has 146 valence electrons. The number of aryl methyl sites for hydroxylation is 1. The van der Waals surface area contributed by atoms with Gasteiger partial charge in [0.05, 0.1) is 17.4 Å². The lowest BCUT2D eigenvalue weighted by atomic mass is 9.92. The van der Waals surface area contributed by atoms with Crippen molar-refractivity contribution in [2.75, 3.05) is 18.4 Å². The fraction of sp³-hybridized carbons (Fsp3) is 0.389. The van der Waals surface area contributed by atoms with Crippen LogP contribution in [0.25, 0.3) is 11.2 Å². The Balaban J connectivity index is 1.58. The summed E-state index contributed by atoms with van der Waals surface area (Å²) in [7, 11) is 0. The van der Waals surface area contributed by atoms with Crippen molar-refractivity contribution in [3.63, 3.8) is 0 Å². The van der Waals surface area contributed by atoms with E-state index in [1.807, 2.05) is 19.1 Å². The number of hydrogen-bond acceptors (Lipinski definition) is 6. The third-order valence-corrected chi connectivity index (χ3v) is 6.00. The summed E-state index contributed by atoms with van der Waals surface area (Å²) < 4.78 is 5.80. The molecular weight excluding hydrogens is 376 g/mol. The van der Waals surface area contributed by atoms with Crippen LogP contribution in [-0.2, 0) is 0 Å². The highest BCUT2D eigenvalue weighted by Crippen LogP contribution is 2.29. The van der Waals surface area contributed by atoms with Crippen molar-refractivity contribution in [1.82, 2.24) is 23.8 Å². The lowest BCUT2D eigenvalue weighted by Gasteiger charge is -2.20. The predicted molar refractivity (Wildman–Crippen MR) is 108 cm³/mol. The van der Waals surface area contributed by atoms with Gasteiger partial charge >= 0.3 is 6.03 Å². The smallest absolute Gasteiger partial charge is 0.322 e. The van der Waals surface area contributed by atoms with Crippen LogP contribution in [0.2, 0.25) is 0 Å². The van der Waals surface area contributed by atoms with Crippen LogP contribution in [0.4, 0.5) is 9.80 Å². The number of fused-ring (bicyclic) bond motifs is 1. The lowest BCUT2D eigenvalue weighted by Crippen LogP contribution is -2.37. The van der Waals surface area contributed by atoms with E-state index < -0.39 is 0 Å². The standard InChI is InChI=1S/C18H22N8OS/c1-3-11-8-25(18(27)23-15-6-10(2)24-28-15)9-12(11)16(20)26-13-4-5-21-17(13)22-7-14(26)19/h4-7,11-12,19-21H,3,8-9H2,1-2H3,(H,23,27)/t11-,12+/m1/s1. The van der Waals surface area contributed by atoms with Crippen molar-refractivity contribution in [2.45, 2.75) is 20.3 Å². The van der Waals surface area contributed by atoms with E-state index in [1.54, 1.807) is 15.7 Å². The summed E-state index contributed by atoms with van der Waals surface area (Å²) in [4.78, 5) is 21.7. The third-order valence-electron chi connectivity index (χ3n) is 5.20. The monoisotopic (exact) mass is 398 g/mol. The first-order chi connectivity index (χ1) is 13.5. The second-order valence-corrected chi connectivity index (χ2v) is 7.82. The second-order valence-electron chi connectivity index (χ2n) is 7.02. The van der Waals surface area contributed by atoms with E-state index in [0.717, 1.165) is 17.1 Å². The molecule has 0 saturated carbocycles. The Bertz CT molecular complexity index is 1100. The Morgan fingerprint density at radius 2 is 2.29 bits per heavy atom. The van der Waals surface area contributed by atoms with Crippen LogP contribution in [0.15, 0.2) is 24.5 Å². The van der Waals surface area contributed by atoms with Crippen LogP contribution in [0.3, 0.4) is 0 Å². The minimum atomic E-state index is -0.171. The molecule has 4 rings (SSSR count). The molecule has 1 saturated heterocycles. The van der Waals surface area contributed by atoms with Gasteiger partial charge in [0, 0.05) is 25.2 Å². The first-order valence-corrected chi connectivity index (χ1v) is 9.93. The van der Waals surface area contributed by atoms with Gasteiger partial charge in [0.2, 0.25) is 0 Å². The van der Waals surface area contributed by atoms with E-state index in [4.69, 9.17) is 10.8 Å². The van der Waals surface area contributed by atoms with Crippen LogP contribution in [0.5, 0.6) is 0 Å². The first kappa shape index (κ1) is 18.4. The lowest BCUT2D eigenvalue weighted by molar-refractivity contribution is 0.220. The number of rotatable bonds is 3. The molecule has 0 aromatic carbocycles. The quantitative estimate of drug-likeness (QED) is 0.400. The summed E-state index contributed by atoms with van der Waals surface area (Å²) in [5, 5.41) is 20.7. The van der Waals surface area contributed by atoms with Crippen molar-refractivity contribution in [1.29, 1.82) is 10.8 Å². The van der Waals surface area contributed by atoms with Gasteiger partial charge in [0.1, 0.15) is 16.3 Å². The highest BCUT2D eigenvalue weighted by Gasteiger charge is 2.38. The molecule has 0 spiro atoms. The van der Waals surface area contributed by atoms with Crippen LogP contribution < -0.4 is 10.8 Å². The molecule has 4 N–H and O–H groups in total. The number of urea groups is 1. The van der Waals surface area contributed by atoms with Crippen LogP contribution in [-0.4, -0.2) is 48.8 Å². The fourth-order valence-electron chi connectivity index (χ4n) is 3.74. The number of likely N-dealkylation sites (tertiary alicyclic amines) is 1. The minimum absolute atomic E-state index is 0.145. The minimum Gasteiger partial charge on any atom is -0.345 e. The maximum atomic E-state index is 12.7. The molecule has 28 heavy (non-hydrogen) atoms. The molecule has 0 bridgehead atoms. The highest BCUT2D eigenvalue weighted by molar-refractivity contribution is 7.10. The van der Waals surface area contributed by atoms with E-state index in [1.165, 1.54) is 17.7 Å². The van der Waals surface area contributed by atoms with E-state index in [0.29, 0.717) is 30.1 Å². The molecule has 10 heteroatoms. The Kier molecular flexibility index (Phi) is 4.71. The molecule has 2 amide bonds. The Morgan fingerprint density at radius 1 is 1.46 bits per heavy atom. The SMILES string of the molecule is CC[C@@H]1CN(C(=O)Nc2cc(C)ns2)C[C@@H]1C(=N)n1c(=N)cnc2[nH]ccc21. The van der Waals surface area contributed by atoms with Crippen molar-refractivity contribution in [3.05, 3.63) is 35.7 Å². The fourth-order valence-corrected chi connectivity index (χ4v) is 4.39. The van der Waals surface area contributed by atoms with E-state index in [9.17, 15) is 4.79 Å². The molecule has 9 nitrogen and oxygen atoms in total. The number of H-pyrrole nitrogens is 1. The Hall–Kier alpha value is -3.01. The van der Waals surface area contributed by atoms with Crippen LogP contribution in [0.1, 0.15) is 19.0 Å². The zero-order valence-corrected chi connectivity index (χ0v) is 16.5. The molecule has 3 aromatic heterocycles. The number of carbonyl (C=O) groups excluding carboxylic acids is 1. The van der Waals surface area contributed by atoms with Gasteiger partial charge in [-0.15, -0.1) is 0 Å². The van der Waals surface area contributed by atoms with Gasteiger partial charge in [-0.3, -0.25) is 20.7 Å². The molecule has 4 heterocycles. The van der Waals surface area contributed by atoms with Crippen LogP contribution >= 0.6 is 11.5 Å². The Morgan fingerprint density at radius 3 is 3.00 bits per heavy atom. The van der Waals surface area contributed by atoms with Crippen molar-refractivity contribution in [3.8, 4) is 0 Å². The number of nitrogens with one attached hydrogen (secondary N) is 4. The van der Waals surface area contributed by atoms with Crippen molar-refractivity contribution in [2.24, 2.45) is 11.8 Å². The zero-order valence-electron chi connectivity index (χ0n) is 15.7. The third kappa shape index (κ3) is 3.19. The maximum Gasteiger partial charge on any atom is 0.322 e. The predicted octanol–water partition coefficient (Wildman–Crippen LogP) is 2.62. The molecule has 0 aliphatic carbocycles. The summed E-state index contributed by atoms with van der Waals surface area (Å²) in [6.07, 6.45) is 4.05. The van der Waals surface area contributed by atoms with Gasteiger partial charge in [0.25, 0.3) is 0 Å². The van der Waals surface area contributed by atoms with E-state index in [-0.39, 0.29) is 23.4 Å². The van der Waals surface area contributed by atoms with Gasteiger partial charge in [-0.1, -0.05) is 13.3 Å². The van der Waals surface area contributed by atoms with Crippen molar-refractivity contribution < 1.29 is 4.79 Å². The first-order valence-electron chi connectivity index (χ1n) is 9.15. The van der Waals surface area contributed by atoms with E-state index >= 15 is 0 Å². The second kappa shape index (κ2) is 7.19. The number of aromatic amines is 1. The van der Waals surface area contributed by atoms with E-state index in [2.05, 4.69) is 26.6 Å². The maximum absolute atomic E-state index is 12.7. The Labute approximate surface area is 165 Å². The summed E-state index contributed by atoms with van der Waals surface area (Å²) in [5.74, 6) is 0.344. The number of amides is 2. The summed E-state index contributed by atoms with van der Waals surface area (Å²) in [5.41, 5.74) is 2.38. The average Bonchev–Trinajstić information content (AvgIpc) is 3.40. The molecular formula is C18H22N8OS. The summed E-state index contributed by atoms with van der Waals surface area (Å²) in [6.45, 7) is 4.99. The average molecular weight is 398 g/mol. The van der Waals surface area contributed by atoms with Gasteiger partial charge in [-0.05, 0) is 36.5 Å². The zero-order chi connectivity index (χ0) is 19.8. The van der Waals surface area contributed by atoms with Crippen molar-refractivity contribution >= 4 is 39.6 Å². The number of hydrogen-bond donors (Lipinski definition) is 4. The highest BCUT2D eigenvalue weighted by atomic mass is 32.1. The molecule has 0 radical (unpaired) electrons. The molecule has 3 aromatic rings. The molecule has 1 aliphatic rings.